The molecule has 2 aromatic rings. The Balaban J connectivity index is 2.04. The molecule has 3 heteroatoms. The summed E-state index contributed by atoms with van der Waals surface area (Å²) in [6, 6.07) is 6.53. The number of unbranched alkanes of at least 4 members (excludes halogenated alkanes) is 5. The smallest absolute Gasteiger partial charge is 0.336 e. The maximum Gasteiger partial charge on any atom is 0.336 e. The molecule has 0 saturated carbocycles. The Morgan fingerprint density at radius 1 is 1.05 bits per heavy atom. The van der Waals surface area contributed by atoms with Crippen molar-refractivity contribution in [3.05, 3.63) is 40.2 Å². The molecular formula is C17H22O3. The molecule has 0 aliphatic carbocycles. The lowest BCUT2D eigenvalue weighted by atomic mass is 10.0. The summed E-state index contributed by atoms with van der Waals surface area (Å²) in [4.78, 5) is 11.5. The van der Waals surface area contributed by atoms with Crippen molar-refractivity contribution in [3.63, 3.8) is 0 Å². The standard InChI is InChI=1S/C17H22O3/c1-2-3-4-5-6-7-8-13-11-17(19)20-16-12-14(18)9-10-15(13)16/h9-12,18H,2-8H2,1H3. The summed E-state index contributed by atoms with van der Waals surface area (Å²) in [6.07, 6.45) is 8.28. The summed E-state index contributed by atoms with van der Waals surface area (Å²) >= 11 is 0. The van der Waals surface area contributed by atoms with Crippen molar-refractivity contribution in [2.45, 2.75) is 51.9 Å². The number of phenolic OH excluding ortho intramolecular Hbond substituents is 1. The van der Waals surface area contributed by atoms with Crippen LogP contribution in [0.15, 0.2) is 33.5 Å². The lowest BCUT2D eigenvalue weighted by Crippen LogP contribution is -2.00. The summed E-state index contributed by atoms with van der Waals surface area (Å²) in [5, 5.41) is 10.4. The average molecular weight is 274 g/mol. The van der Waals surface area contributed by atoms with Crippen LogP contribution in [0.5, 0.6) is 5.75 Å². The molecule has 0 unspecified atom stereocenters. The summed E-state index contributed by atoms with van der Waals surface area (Å²) < 4.78 is 5.13. The van der Waals surface area contributed by atoms with Gasteiger partial charge < -0.3 is 9.52 Å². The molecule has 1 heterocycles. The Morgan fingerprint density at radius 2 is 1.80 bits per heavy atom. The third-order valence-electron chi connectivity index (χ3n) is 3.61. The zero-order valence-corrected chi connectivity index (χ0v) is 12.0. The van der Waals surface area contributed by atoms with Crippen molar-refractivity contribution in [2.24, 2.45) is 0 Å². The van der Waals surface area contributed by atoms with E-state index in [1.54, 1.807) is 12.1 Å². The van der Waals surface area contributed by atoms with E-state index in [2.05, 4.69) is 6.92 Å². The van der Waals surface area contributed by atoms with Gasteiger partial charge in [0.25, 0.3) is 0 Å². The van der Waals surface area contributed by atoms with E-state index in [9.17, 15) is 9.90 Å². The van der Waals surface area contributed by atoms with Crippen LogP contribution in [-0.4, -0.2) is 5.11 Å². The fraction of sp³-hybridized carbons (Fsp3) is 0.471. The molecule has 0 radical (unpaired) electrons. The minimum absolute atomic E-state index is 0.123. The van der Waals surface area contributed by atoms with Crippen LogP contribution < -0.4 is 5.63 Å². The molecule has 0 spiro atoms. The number of aromatic hydroxyl groups is 1. The second-order valence-electron chi connectivity index (χ2n) is 5.29. The number of benzene rings is 1. The Labute approximate surface area is 119 Å². The third-order valence-corrected chi connectivity index (χ3v) is 3.61. The molecule has 0 aliphatic heterocycles. The van der Waals surface area contributed by atoms with Gasteiger partial charge in [-0.05, 0) is 30.5 Å². The highest BCUT2D eigenvalue weighted by atomic mass is 16.4. The molecule has 2 rings (SSSR count). The highest BCUT2D eigenvalue weighted by molar-refractivity contribution is 5.81. The SMILES string of the molecule is CCCCCCCCc1cc(=O)oc2cc(O)ccc12. The largest absolute Gasteiger partial charge is 0.508 e. The monoisotopic (exact) mass is 274 g/mol. The molecule has 0 aliphatic rings. The van der Waals surface area contributed by atoms with Crippen LogP contribution >= 0.6 is 0 Å². The summed E-state index contributed by atoms with van der Waals surface area (Å²) in [6.45, 7) is 2.21. The highest BCUT2D eigenvalue weighted by Crippen LogP contribution is 2.23. The van der Waals surface area contributed by atoms with Crippen molar-refractivity contribution < 1.29 is 9.52 Å². The number of phenols is 1. The quantitative estimate of drug-likeness (QED) is 0.601. The molecule has 3 nitrogen and oxygen atoms in total. The predicted molar refractivity (Wildman–Crippen MR) is 81.2 cm³/mol. The molecule has 0 atom stereocenters. The van der Waals surface area contributed by atoms with Gasteiger partial charge in [-0.2, -0.15) is 0 Å². The van der Waals surface area contributed by atoms with Crippen molar-refractivity contribution in [2.75, 3.05) is 0 Å². The minimum atomic E-state index is -0.343. The first-order valence-electron chi connectivity index (χ1n) is 7.46. The average Bonchev–Trinajstić information content (AvgIpc) is 2.41. The normalized spacial score (nSPS) is 11.1. The molecule has 20 heavy (non-hydrogen) atoms. The van der Waals surface area contributed by atoms with E-state index >= 15 is 0 Å². The van der Waals surface area contributed by atoms with Crippen molar-refractivity contribution >= 4 is 11.0 Å². The van der Waals surface area contributed by atoms with E-state index < -0.39 is 0 Å². The number of aryl methyl sites for hydroxylation is 1. The molecule has 1 N–H and O–H groups in total. The number of rotatable bonds is 7. The first-order valence-corrected chi connectivity index (χ1v) is 7.46. The summed E-state index contributed by atoms with van der Waals surface area (Å²) in [5.41, 5.74) is 1.15. The van der Waals surface area contributed by atoms with E-state index in [0.717, 1.165) is 23.8 Å². The lowest BCUT2D eigenvalue weighted by molar-refractivity contribution is 0.473. The zero-order chi connectivity index (χ0) is 14.4. The maximum atomic E-state index is 11.5. The molecule has 1 aromatic heterocycles. The van der Waals surface area contributed by atoms with Gasteiger partial charge in [0.2, 0.25) is 0 Å². The highest BCUT2D eigenvalue weighted by Gasteiger charge is 2.06. The van der Waals surface area contributed by atoms with Gasteiger partial charge >= 0.3 is 5.63 Å². The molecule has 0 fully saturated rings. The number of hydrogen-bond donors (Lipinski definition) is 1. The van der Waals surface area contributed by atoms with Gasteiger partial charge in [0, 0.05) is 17.5 Å². The van der Waals surface area contributed by atoms with Crippen LogP contribution in [0.25, 0.3) is 11.0 Å². The first kappa shape index (κ1) is 14.6. The van der Waals surface area contributed by atoms with E-state index in [1.807, 2.05) is 6.07 Å². The zero-order valence-electron chi connectivity index (χ0n) is 12.0. The summed E-state index contributed by atoms with van der Waals surface area (Å²) in [5.74, 6) is 0.123. The Hall–Kier alpha value is -1.77. The number of hydrogen-bond acceptors (Lipinski definition) is 3. The van der Waals surface area contributed by atoms with E-state index in [4.69, 9.17) is 4.42 Å². The van der Waals surface area contributed by atoms with Gasteiger partial charge in [0.05, 0.1) is 0 Å². The second kappa shape index (κ2) is 7.13. The first-order chi connectivity index (χ1) is 9.70. The van der Waals surface area contributed by atoms with Crippen molar-refractivity contribution in [1.29, 1.82) is 0 Å². The van der Waals surface area contributed by atoms with E-state index in [0.29, 0.717) is 5.58 Å². The Bertz CT molecular complexity index is 613. The maximum absolute atomic E-state index is 11.5. The minimum Gasteiger partial charge on any atom is -0.508 e. The fourth-order valence-electron chi connectivity index (χ4n) is 2.52. The molecular weight excluding hydrogens is 252 g/mol. The fourth-order valence-corrected chi connectivity index (χ4v) is 2.52. The van der Waals surface area contributed by atoms with Crippen LogP contribution in [-0.2, 0) is 6.42 Å². The van der Waals surface area contributed by atoms with Crippen LogP contribution in [0.1, 0.15) is 51.0 Å². The van der Waals surface area contributed by atoms with Crippen molar-refractivity contribution in [1.82, 2.24) is 0 Å². The molecule has 0 amide bonds. The second-order valence-corrected chi connectivity index (χ2v) is 5.29. The molecule has 0 saturated heterocycles. The van der Waals surface area contributed by atoms with Gasteiger partial charge in [-0.25, -0.2) is 4.79 Å². The Kier molecular flexibility index (Phi) is 5.22. The lowest BCUT2D eigenvalue weighted by Gasteiger charge is -2.06. The van der Waals surface area contributed by atoms with Crippen LogP contribution in [0.2, 0.25) is 0 Å². The topological polar surface area (TPSA) is 50.4 Å². The van der Waals surface area contributed by atoms with E-state index in [1.165, 1.54) is 38.2 Å². The van der Waals surface area contributed by atoms with Crippen LogP contribution in [0.4, 0.5) is 0 Å². The van der Waals surface area contributed by atoms with Gasteiger partial charge in [0.15, 0.2) is 0 Å². The van der Waals surface area contributed by atoms with Crippen molar-refractivity contribution in [3.8, 4) is 5.75 Å². The van der Waals surface area contributed by atoms with Gasteiger partial charge in [-0.15, -0.1) is 0 Å². The molecule has 1 aromatic carbocycles. The molecule has 0 bridgehead atoms. The van der Waals surface area contributed by atoms with Gasteiger partial charge in [0.1, 0.15) is 11.3 Å². The number of fused-ring (bicyclic) bond motifs is 1. The van der Waals surface area contributed by atoms with E-state index in [-0.39, 0.29) is 11.4 Å². The van der Waals surface area contributed by atoms with Crippen LogP contribution in [0.3, 0.4) is 0 Å². The van der Waals surface area contributed by atoms with Gasteiger partial charge in [-0.1, -0.05) is 39.0 Å². The summed E-state index contributed by atoms with van der Waals surface area (Å²) in [7, 11) is 0. The van der Waals surface area contributed by atoms with Gasteiger partial charge in [-0.3, -0.25) is 0 Å². The molecule has 108 valence electrons. The Morgan fingerprint density at radius 3 is 2.60 bits per heavy atom. The predicted octanol–water partition coefficient (Wildman–Crippen LogP) is 4.40. The van der Waals surface area contributed by atoms with Crippen LogP contribution in [0, 0.1) is 0 Å². The third kappa shape index (κ3) is 3.86.